The van der Waals surface area contributed by atoms with Crippen molar-refractivity contribution in [1.82, 2.24) is 0 Å². The second kappa shape index (κ2) is 10.5. The van der Waals surface area contributed by atoms with Crippen molar-refractivity contribution in [2.24, 2.45) is 0 Å². The van der Waals surface area contributed by atoms with E-state index in [1.54, 1.807) is 0 Å². The summed E-state index contributed by atoms with van der Waals surface area (Å²) in [6, 6.07) is 29.9. The molecule has 2 heterocycles. The lowest BCUT2D eigenvalue weighted by molar-refractivity contribution is -0.596. The standard InChI is InChI=1S/C28H30N2/c1(5-11-25-17-21-29(22-18-25)27-13-7-3-8-14-27)2-6-12-26-19-23-30(24-20-26)28-15-9-4-10-16-28/h3-4,7-10,13-24H,1-2,5-6,11-12H2/q+2. The molecule has 0 unspecified atom stereocenters. The second-order valence-corrected chi connectivity index (χ2v) is 7.81. The summed E-state index contributed by atoms with van der Waals surface area (Å²) in [5.41, 5.74) is 5.27. The Balaban J connectivity index is 1.15. The van der Waals surface area contributed by atoms with Crippen LogP contribution in [-0.4, -0.2) is 0 Å². The molecule has 0 saturated heterocycles. The highest BCUT2D eigenvalue weighted by Gasteiger charge is 2.05. The van der Waals surface area contributed by atoms with Gasteiger partial charge in [-0.25, -0.2) is 0 Å². The molecule has 0 amide bonds. The van der Waals surface area contributed by atoms with Gasteiger partial charge in [0.15, 0.2) is 24.8 Å². The molecule has 150 valence electrons. The van der Waals surface area contributed by atoms with Gasteiger partial charge in [0.05, 0.1) is 0 Å². The van der Waals surface area contributed by atoms with Gasteiger partial charge < -0.3 is 0 Å². The van der Waals surface area contributed by atoms with Crippen molar-refractivity contribution in [3.8, 4) is 11.4 Å². The maximum absolute atomic E-state index is 2.25. The van der Waals surface area contributed by atoms with E-state index in [1.165, 1.54) is 48.2 Å². The quantitative estimate of drug-likeness (QED) is 0.258. The highest BCUT2D eigenvalue weighted by Crippen LogP contribution is 2.10. The number of aromatic nitrogens is 2. The zero-order valence-corrected chi connectivity index (χ0v) is 17.5. The Kier molecular flexibility index (Phi) is 7.01. The van der Waals surface area contributed by atoms with Gasteiger partial charge in [-0.15, -0.1) is 0 Å². The Labute approximate surface area is 180 Å². The maximum atomic E-state index is 2.25. The van der Waals surface area contributed by atoms with Crippen molar-refractivity contribution >= 4 is 0 Å². The molecule has 0 spiro atoms. The van der Waals surface area contributed by atoms with Crippen LogP contribution in [0.5, 0.6) is 0 Å². The minimum absolute atomic E-state index is 1.16. The molecule has 0 radical (unpaired) electrons. The first kappa shape index (κ1) is 20.0. The zero-order chi connectivity index (χ0) is 20.4. The van der Waals surface area contributed by atoms with E-state index in [0.717, 1.165) is 12.8 Å². The third kappa shape index (κ3) is 5.64. The molecular formula is C28H30N2+2. The molecule has 0 aliphatic carbocycles. The third-order valence-electron chi connectivity index (χ3n) is 5.59. The molecule has 0 bridgehead atoms. The Morgan fingerprint density at radius 2 is 0.767 bits per heavy atom. The first-order chi connectivity index (χ1) is 14.9. The Bertz CT molecular complexity index is 921. The van der Waals surface area contributed by atoms with Gasteiger partial charge in [-0.05, 0) is 36.8 Å². The molecule has 0 aliphatic heterocycles. The summed E-state index contributed by atoms with van der Waals surface area (Å²) < 4.78 is 4.34. The molecule has 2 heteroatoms. The van der Waals surface area contributed by atoms with Crippen LogP contribution >= 0.6 is 0 Å². The van der Waals surface area contributed by atoms with E-state index in [9.17, 15) is 0 Å². The van der Waals surface area contributed by atoms with Gasteiger partial charge in [0.1, 0.15) is 0 Å². The van der Waals surface area contributed by atoms with Crippen LogP contribution < -0.4 is 9.13 Å². The van der Waals surface area contributed by atoms with Crippen LogP contribution in [0.2, 0.25) is 0 Å². The molecule has 30 heavy (non-hydrogen) atoms. The van der Waals surface area contributed by atoms with E-state index in [-0.39, 0.29) is 0 Å². The monoisotopic (exact) mass is 394 g/mol. The minimum Gasteiger partial charge on any atom is -0.167 e. The van der Waals surface area contributed by atoms with Crippen LogP contribution in [0.15, 0.2) is 110 Å². The van der Waals surface area contributed by atoms with Crippen LogP contribution in [0.4, 0.5) is 0 Å². The van der Waals surface area contributed by atoms with Gasteiger partial charge in [-0.3, -0.25) is 0 Å². The first-order valence-corrected chi connectivity index (χ1v) is 11.0. The smallest absolute Gasteiger partial charge is 0.167 e. The van der Waals surface area contributed by atoms with Crippen molar-refractivity contribution in [3.63, 3.8) is 0 Å². The molecule has 0 N–H and O–H groups in total. The summed E-state index contributed by atoms with van der Waals surface area (Å²) >= 11 is 0. The van der Waals surface area contributed by atoms with Gasteiger partial charge in [0, 0.05) is 48.5 Å². The van der Waals surface area contributed by atoms with Crippen LogP contribution in [0.1, 0.15) is 36.8 Å². The summed E-state index contributed by atoms with van der Waals surface area (Å²) in [4.78, 5) is 0. The van der Waals surface area contributed by atoms with Crippen LogP contribution in [0.25, 0.3) is 11.4 Å². The average molecular weight is 395 g/mol. The molecule has 2 aromatic carbocycles. The van der Waals surface area contributed by atoms with Crippen molar-refractivity contribution in [2.45, 2.75) is 38.5 Å². The molecular weight excluding hydrogens is 364 g/mol. The summed E-state index contributed by atoms with van der Waals surface area (Å²) in [5.74, 6) is 0. The third-order valence-corrected chi connectivity index (χ3v) is 5.59. The van der Waals surface area contributed by atoms with Crippen LogP contribution in [0, 0.1) is 0 Å². The van der Waals surface area contributed by atoms with Gasteiger partial charge in [-0.2, -0.15) is 9.13 Å². The van der Waals surface area contributed by atoms with Crippen LogP contribution in [-0.2, 0) is 12.8 Å². The number of benzene rings is 2. The lowest BCUT2D eigenvalue weighted by Crippen LogP contribution is -2.29. The summed E-state index contributed by atoms with van der Waals surface area (Å²) in [5, 5.41) is 0. The number of pyridine rings is 2. The van der Waals surface area contributed by atoms with E-state index < -0.39 is 0 Å². The van der Waals surface area contributed by atoms with E-state index in [1.807, 2.05) is 0 Å². The number of hydrogen-bond acceptors (Lipinski definition) is 0. The van der Waals surface area contributed by atoms with Crippen molar-refractivity contribution in [2.75, 3.05) is 0 Å². The molecule has 2 nitrogen and oxygen atoms in total. The topological polar surface area (TPSA) is 7.76 Å². The normalized spacial score (nSPS) is 10.8. The Hall–Kier alpha value is -3.26. The molecule has 0 aliphatic rings. The number of hydrogen-bond donors (Lipinski definition) is 0. The van der Waals surface area contributed by atoms with Crippen molar-refractivity contribution in [1.29, 1.82) is 0 Å². The summed E-state index contributed by atoms with van der Waals surface area (Å²) in [6.07, 6.45) is 16.1. The summed E-state index contributed by atoms with van der Waals surface area (Å²) in [7, 11) is 0. The van der Waals surface area contributed by atoms with Gasteiger partial charge in [0.25, 0.3) is 0 Å². The predicted molar refractivity (Wildman–Crippen MR) is 122 cm³/mol. The van der Waals surface area contributed by atoms with Crippen LogP contribution in [0.3, 0.4) is 0 Å². The lowest BCUT2D eigenvalue weighted by atomic mass is 10.0. The fraction of sp³-hybridized carbons (Fsp3) is 0.214. The van der Waals surface area contributed by atoms with E-state index in [0.29, 0.717) is 0 Å². The van der Waals surface area contributed by atoms with Crippen molar-refractivity contribution < 1.29 is 9.13 Å². The Morgan fingerprint density at radius 3 is 1.13 bits per heavy atom. The fourth-order valence-electron chi connectivity index (χ4n) is 3.80. The molecule has 4 rings (SSSR count). The first-order valence-electron chi connectivity index (χ1n) is 11.0. The zero-order valence-electron chi connectivity index (χ0n) is 17.5. The maximum Gasteiger partial charge on any atom is 0.210 e. The number of aryl methyl sites for hydroxylation is 2. The highest BCUT2D eigenvalue weighted by molar-refractivity contribution is 5.23. The fourth-order valence-corrected chi connectivity index (χ4v) is 3.80. The number of unbranched alkanes of at least 4 members (excludes halogenated alkanes) is 3. The van der Waals surface area contributed by atoms with E-state index in [4.69, 9.17) is 0 Å². The molecule has 2 aromatic heterocycles. The second-order valence-electron chi connectivity index (χ2n) is 7.81. The largest absolute Gasteiger partial charge is 0.210 e. The van der Waals surface area contributed by atoms with Gasteiger partial charge in [-0.1, -0.05) is 49.2 Å². The highest BCUT2D eigenvalue weighted by atomic mass is 14.9. The number of rotatable bonds is 9. The number of nitrogens with zero attached hydrogens (tertiary/aromatic N) is 2. The molecule has 0 fully saturated rings. The lowest BCUT2D eigenvalue weighted by Gasteiger charge is -2.03. The average Bonchev–Trinajstić information content (AvgIpc) is 2.83. The molecule has 0 atom stereocenters. The van der Waals surface area contributed by atoms with Crippen molar-refractivity contribution in [3.05, 3.63) is 121 Å². The van der Waals surface area contributed by atoms with Gasteiger partial charge in [0.2, 0.25) is 11.4 Å². The Morgan fingerprint density at radius 1 is 0.400 bits per heavy atom. The SMILES string of the molecule is c1ccc(-[n+]2ccc(CCCCCCc3cc[n+](-c4ccccc4)cc3)cc2)cc1. The number of para-hydroxylation sites is 2. The minimum atomic E-state index is 1.16. The van der Waals surface area contributed by atoms with Gasteiger partial charge >= 0.3 is 0 Å². The van der Waals surface area contributed by atoms with E-state index in [2.05, 4.69) is 119 Å². The predicted octanol–water partition coefficient (Wildman–Crippen LogP) is 5.59. The van der Waals surface area contributed by atoms with E-state index >= 15 is 0 Å². The summed E-state index contributed by atoms with van der Waals surface area (Å²) in [6.45, 7) is 0. The molecule has 4 aromatic rings. The molecule has 0 saturated carbocycles.